The summed E-state index contributed by atoms with van der Waals surface area (Å²) in [5, 5.41) is 11.1. The first-order valence-electron chi connectivity index (χ1n) is 5.81. The molecule has 0 spiro atoms. The summed E-state index contributed by atoms with van der Waals surface area (Å²) in [6.07, 6.45) is 1.56. The molecule has 110 valence electrons. The number of carbonyl (C=O) groups is 2. The second kappa shape index (κ2) is 13.0. The number of nitrogens with two attached hydrogens (primary N) is 1. The van der Waals surface area contributed by atoms with E-state index < -0.39 is 11.9 Å². The fraction of sp³-hybridized carbons (Fsp3) is 0.636. The Morgan fingerprint density at radius 3 is 2.42 bits per heavy atom. The van der Waals surface area contributed by atoms with E-state index in [1.54, 1.807) is 0 Å². The van der Waals surface area contributed by atoms with Gasteiger partial charge in [-0.15, -0.1) is 0 Å². The van der Waals surface area contributed by atoms with Crippen LogP contribution < -0.4 is 11.1 Å². The molecule has 8 nitrogen and oxygen atoms in total. The lowest BCUT2D eigenvalue weighted by Crippen LogP contribution is -2.24. The number of nitrogens with one attached hydrogen (secondary N) is 1. The zero-order valence-corrected chi connectivity index (χ0v) is 10.7. The van der Waals surface area contributed by atoms with Crippen molar-refractivity contribution in [1.29, 1.82) is 0 Å². The molecule has 0 saturated carbocycles. The standard InChI is InChI=1S/C11H20N2O6/c12-3-5-17-7-8-18-6-4-13-9-19-11(16)2-1-10(14)15/h1-2,13H,3-9,12H2,(H,14,15)/b2-1+. The van der Waals surface area contributed by atoms with E-state index in [1.807, 2.05) is 0 Å². The largest absolute Gasteiger partial charge is 0.478 e. The first-order valence-corrected chi connectivity index (χ1v) is 5.81. The van der Waals surface area contributed by atoms with Crippen molar-refractivity contribution in [3.8, 4) is 0 Å². The maximum atomic E-state index is 10.9. The van der Waals surface area contributed by atoms with Gasteiger partial charge in [0.2, 0.25) is 0 Å². The first kappa shape index (κ1) is 17.5. The molecule has 0 amide bonds. The van der Waals surface area contributed by atoms with Gasteiger partial charge in [-0.05, 0) is 0 Å². The Bertz CT molecular complexity index is 282. The monoisotopic (exact) mass is 276 g/mol. The molecule has 0 saturated heterocycles. The maximum absolute atomic E-state index is 10.9. The molecule has 19 heavy (non-hydrogen) atoms. The molecule has 0 heterocycles. The summed E-state index contributed by atoms with van der Waals surface area (Å²) in [5.41, 5.74) is 5.23. The summed E-state index contributed by atoms with van der Waals surface area (Å²) in [6.45, 7) is 2.93. The lowest BCUT2D eigenvalue weighted by Gasteiger charge is -2.06. The van der Waals surface area contributed by atoms with Crippen LogP contribution in [0.15, 0.2) is 12.2 Å². The number of aliphatic carboxylic acids is 1. The van der Waals surface area contributed by atoms with Crippen molar-refractivity contribution in [3.05, 3.63) is 12.2 Å². The van der Waals surface area contributed by atoms with Crippen LogP contribution >= 0.6 is 0 Å². The summed E-state index contributed by atoms with van der Waals surface area (Å²) in [6, 6.07) is 0. The summed E-state index contributed by atoms with van der Waals surface area (Å²) in [7, 11) is 0. The maximum Gasteiger partial charge on any atom is 0.332 e. The Morgan fingerprint density at radius 2 is 1.79 bits per heavy atom. The van der Waals surface area contributed by atoms with Gasteiger partial charge in [0.1, 0.15) is 6.73 Å². The van der Waals surface area contributed by atoms with Crippen molar-refractivity contribution in [2.24, 2.45) is 5.73 Å². The zero-order chi connectivity index (χ0) is 14.3. The van der Waals surface area contributed by atoms with Crippen LogP contribution in [-0.4, -0.2) is 63.3 Å². The third kappa shape index (κ3) is 14.5. The van der Waals surface area contributed by atoms with E-state index in [1.165, 1.54) is 0 Å². The molecule has 0 rings (SSSR count). The number of carbonyl (C=O) groups excluding carboxylic acids is 1. The number of esters is 1. The highest BCUT2D eigenvalue weighted by atomic mass is 16.5. The molecule has 4 N–H and O–H groups in total. The summed E-state index contributed by atoms with van der Waals surface area (Å²) in [4.78, 5) is 21.0. The number of rotatable bonds is 12. The first-order chi connectivity index (χ1) is 9.16. The Kier molecular flexibility index (Phi) is 12.0. The Balaban J connectivity index is 3.22. The van der Waals surface area contributed by atoms with Crippen molar-refractivity contribution in [2.75, 3.05) is 46.2 Å². The molecule has 0 aliphatic heterocycles. The lowest BCUT2D eigenvalue weighted by molar-refractivity contribution is -0.139. The predicted octanol–water partition coefficient (Wildman–Crippen LogP) is -1.29. The summed E-state index contributed by atoms with van der Waals surface area (Å²) >= 11 is 0. The predicted molar refractivity (Wildman–Crippen MR) is 66.4 cm³/mol. The van der Waals surface area contributed by atoms with Gasteiger partial charge in [0, 0.05) is 25.2 Å². The Morgan fingerprint density at radius 1 is 1.11 bits per heavy atom. The van der Waals surface area contributed by atoms with Crippen LogP contribution in [0.4, 0.5) is 0 Å². The van der Waals surface area contributed by atoms with Crippen LogP contribution in [0, 0.1) is 0 Å². The quantitative estimate of drug-likeness (QED) is 0.174. The molecule has 0 aromatic carbocycles. The van der Waals surface area contributed by atoms with Crippen molar-refractivity contribution in [2.45, 2.75) is 0 Å². The SMILES string of the molecule is NCCOCCOCCNCOC(=O)/C=C/C(=O)O. The number of ether oxygens (including phenoxy) is 3. The van der Waals surface area contributed by atoms with Crippen LogP contribution in [0.25, 0.3) is 0 Å². The molecule has 0 atom stereocenters. The molecule has 0 aromatic heterocycles. The molecule has 0 aliphatic rings. The van der Waals surface area contributed by atoms with E-state index in [0.717, 1.165) is 6.08 Å². The van der Waals surface area contributed by atoms with Gasteiger partial charge < -0.3 is 25.1 Å². The van der Waals surface area contributed by atoms with E-state index in [0.29, 0.717) is 45.6 Å². The van der Waals surface area contributed by atoms with E-state index in [2.05, 4.69) is 10.1 Å². The lowest BCUT2D eigenvalue weighted by atomic mass is 10.5. The van der Waals surface area contributed by atoms with Crippen LogP contribution in [0.2, 0.25) is 0 Å². The summed E-state index contributed by atoms with van der Waals surface area (Å²) < 4.78 is 15.0. The number of hydrogen-bond acceptors (Lipinski definition) is 7. The van der Waals surface area contributed by atoms with Gasteiger partial charge in [0.15, 0.2) is 0 Å². The van der Waals surface area contributed by atoms with Crippen molar-refractivity contribution >= 4 is 11.9 Å². The molecule has 8 heteroatoms. The van der Waals surface area contributed by atoms with E-state index in [9.17, 15) is 9.59 Å². The van der Waals surface area contributed by atoms with Gasteiger partial charge in [0.25, 0.3) is 0 Å². The highest BCUT2D eigenvalue weighted by molar-refractivity contribution is 5.90. The van der Waals surface area contributed by atoms with Crippen LogP contribution in [-0.2, 0) is 23.8 Å². The van der Waals surface area contributed by atoms with Crippen molar-refractivity contribution in [1.82, 2.24) is 5.32 Å². The Labute approximate surface area is 111 Å². The van der Waals surface area contributed by atoms with Gasteiger partial charge in [0.05, 0.1) is 26.4 Å². The number of carboxylic acids is 1. The molecule has 0 unspecified atom stereocenters. The van der Waals surface area contributed by atoms with Crippen LogP contribution in [0.1, 0.15) is 0 Å². The average Bonchev–Trinajstić information content (AvgIpc) is 2.38. The van der Waals surface area contributed by atoms with E-state index >= 15 is 0 Å². The normalized spacial score (nSPS) is 10.8. The van der Waals surface area contributed by atoms with E-state index in [-0.39, 0.29) is 6.73 Å². The van der Waals surface area contributed by atoms with Crippen molar-refractivity contribution < 1.29 is 28.9 Å². The molecular formula is C11H20N2O6. The number of carboxylic acid groups (broad SMARTS) is 1. The molecule has 0 aromatic rings. The Hall–Kier alpha value is -1.48. The molecule has 0 fully saturated rings. The van der Waals surface area contributed by atoms with Crippen molar-refractivity contribution in [3.63, 3.8) is 0 Å². The number of hydrogen-bond donors (Lipinski definition) is 3. The fourth-order valence-electron chi connectivity index (χ4n) is 0.931. The topological polar surface area (TPSA) is 120 Å². The third-order valence-corrected chi connectivity index (χ3v) is 1.74. The molecular weight excluding hydrogens is 256 g/mol. The minimum Gasteiger partial charge on any atom is -0.478 e. The van der Waals surface area contributed by atoms with Gasteiger partial charge in [-0.3, -0.25) is 5.32 Å². The highest BCUT2D eigenvalue weighted by Gasteiger charge is 1.97. The highest BCUT2D eigenvalue weighted by Crippen LogP contribution is 1.81. The van der Waals surface area contributed by atoms with Gasteiger partial charge in [-0.25, -0.2) is 9.59 Å². The van der Waals surface area contributed by atoms with Gasteiger partial charge in [-0.1, -0.05) is 0 Å². The molecule has 0 aliphatic carbocycles. The third-order valence-electron chi connectivity index (χ3n) is 1.74. The van der Waals surface area contributed by atoms with Crippen LogP contribution in [0.3, 0.4) is 0 Å². The molecule has 0 radical (unpaired) electrons. The van der Waals surface area contributed by atoms with Crippen LogP contribution in [0.5, 0.6) is 0 Å². The summed E-state index contributed by atoms with van der Waals surface area (Å²) in [5.74, 6) is -1.92. The second-order valence-corrected chi connectivity index (χ2v) is 3.29. The van der Waals surface area contributed by atoms with E-state index in [4.69, 9.17) is 20.3 Å². The van der Waals surface area contributed by atoms with Gasteiger partial charge in [-0.2, -0.15) is 0 Å². The second-order valence-electron chi connectivity index (χ2n) is 3.29. The fourth-order valence-corrected chi connectivity index (χ4v) is 0.931. The minimum atomic E-state index is -1.20. The average molecular weight is 276 g/mol. The van der Waals surface area contributed by atoms with Gasteiger partial charge >= 0.3 is 11.9 Å². The smallest absolute Gasteiger partial charge is 0.332 e. The minimum absolute atomic E-state index is 0.00414. The molecule has 0 bridgehead atoms. The zero-order valence-electron chi connectivity index (χ0n) is 10.7.